The molecule has 5 nitrogen and oxygen atoms in total. The number of hydrogen-bond acceptors (Lipinski definition) is 2. The Labute approximate surface area is 126 Å². The van der Waals surface area contributed by atoms with E-state index < -0.39 is 0 Å². The Balaban J connectivity index is 2.03. The lowest BCUT2D eigenvalue weighted by molar-refractivity contribution is -0.128. The quantitative estimate of drug-likeness (QED) is 0.655. The fraction of sp³-hybridized carbons (Fsp3) is 0.500. The Hall–Kier alpha value is -2.04. The van der Waals surface area contributed by atoms with Gasteiger partial charge in [0.2, 0.25) is 5.91 Å². The van der Waals surface area contributed by atoms with Crippen LogP contribution >= 0.6 is 0 Å². The van der Waals surface area contributed by atoms with E-state index in [0.717, 1.165) is 18.5 Å². The summed E-state index contributed by atoms with van der Waals surface area (Å²) in [5, 5.41) is 3.14. The highest BCUT2D eigenvalue weighted by Gasteiger charge is 2.13. The summed E-state index contributed by atoms with van der Waals surface area (Å²) in [7, 11) is 1.76. The molecule has 0 radical (unpaired) electrons. The normalized spacial score (nSPS) is 14.5. The van der Waals surface area contributed by atoms with Crippen molar-refractivity contribution >= 4 is 17.6 Å². The summed E-state index contributed by atoms with van der Waals surface area (Å²) in [6, 6.07) is 6.23. The molecule has 0 heterocycles. The van der Waals surface area contributed by atoms with Crippen molar-refractivity contribution < 1.29 is 4.79 Å². The first-order valence-corrected chi connectivity index (χ1v) is 7.53. The Morgan fingerprint density at radius 3 is 2.90 bits per heavy atom. The van der Waals surface area contributed by atoms with Crippen molar-refractivity contribution in [2.45, 2.75) is 32.6 Å². The van der Waals surface area contributed by atoms with E-state index in [2.05, 4.69) is 16.4 Å². The van der Waals surface area contributed by atoms with Crippen LogP contribution in [0, 0.1) is 0 Å². The van der Waals surface area contributed by atoms with Crippen molar-refractivity contribution in [3.8, 4) is 0 Å². The second-order valence-electron chi connectivity index (χ2n) is 5.38. The maximum Gasteiger partial charge on any atom is 0.244 e. The molecule has 3 N–H and O–H groups in total. The van der Waals surface area contributed by atoms with Crippen LogP contribution in [0.2, 0.25) is 0 Å². The highest BCUT2D eigenvalue weighted by Crippen LogP contribution is 2.27. The van der Waals surface area contributed by atoms with E-state index in [1.165, 1.54) is 24.0 Å². The third-order valence-corrected chi connectivity index (χ3v) is 3.94. The molecule has 0 bridgehead atoms. The predicted molar refractivity (Wildman–Crippen MR) is 86.5 cm³/mol. The highest BCUT2D eigenvalue weighted by atomic mass is 16.2. The topological polar surface area (TPSA) is 70.7 Å². The maximum absolute atomic E-state index is 11.7. The largest absolute Gasteiger partial charge is 0.370 e. The Bertz CT molecular complexity index is 539. The van der Waals surface area contributed by atoms with Crippen LogP contribution in [0.15, 0.2) is 23.2 Å². The number of anilines is 1. The number of carbonyl (C=O) groups is 1. The van der Waals surface area contributed by atoms with Crippen molar-refractivity contribution in [1.82, 2.24) is 4.90 Å². The van der Waals surface area contributed by atoms with Crippen LogP contribution < -0.4 is 11.1 Å². The fourth-order valence-corrected chi connectivity index (χ4v) is 2.53. The van der Waals surface area contributed by atoms with Crippen LogP contribution in [0.25, 0.3) is 0 Å². The van der Waals surface area contributed by atoms with E-state index in [-0.39, 0.29) is 12.5 Å². The lowest BCUT2D eigenvalue weighted by Crippen LogP contribution is -2.31. The first-order chi connectivity index (χ1) is 10.1. The van der Waals surface area contributed by atoms with Crippen LogP contribution in [0.5, 0.6) is 0 Å². The molecular formula is C16H24N4O. The van der Waals surface area contributed by atoms with Crippen LogP contribution in [0.3, 0.4) is 0 Å². The summed E-state index contributed by atoms with van der Waals surface area (Å²) >= 11 is 0. The zero-order chi connectivity index (χ0) is 15.2. The summed E-state index contributed by atoms with van der Waals surface area (Å²) in [4.78, 5) is 17.5. The van der Waals surface area contributed by atoms with Gasteiger partial charge in [-0.05, 0) is 49.8 Å². The van der Waals surface area contributed by atoms with Crippen molar-refractivity contribution in [3.63, 3.8) is 0 Å². The molecule has 1 aromatic rings. The number of nitrogens with two attached hydrogens (primary N) is 1. The molecule has 0 unspecified atom stereocenters. The summed E-state index contributed by atoms with van der Waals surface area (Å²) in [6.45, 7) is 2.69. The summed E-state index contributed by atoms with van der Waals surface area (Å²) in [6.07, 6.45) is 4.66. The molecule has 1 aliphatic carbocycles. The number of aryl methyl sites for hydroxylation is 1. The SMILES string of the molecule is CCN(C)C(=O)CN=C(N)Nc1cccc2c1CCCC2. The zero-order valence-electron chi connectivity index (χ0n) is 12.9. The van der Waals surface area contributed by atoms with Crippen molar-refractivity contribution in [1.29, 1.82) is 0 Å². The van der Waals surface area contributed by atoms with Gasteiger partial charge < -0.3 is 16.0 Å². The van der Waals surface area contributed by atoms with Crippen molar-refractivity contribution in [2.24, 2.45) is 10.7 Å². The van der Waals surface area contributed by atoms with Gasteiger partial charge >= 0.3 is 0 Å². The molecule has 0 aliphatic heterocycles. The van der Waals surface area contributed by atoms with Crippen LogP contribution in [0.1, 0.15) is 30.9 Å². The highest BCUT2D eigenvalue weighted by molar-refractivity contribution is 5.94. The van der Waals surface area contributed by atoms with E-state index in [9.17, 15) is 4.79 Å². The molecule has 0 fully saturated rings. The second-order valence-corrected chi connectivity index (χ2v) is 5.38. The van der Waals surface area contributed by atoms with Crippen LogP contribution in [0.4, 0.5) is 5.69 Å². The molecule has 0 atom stereocenters. The van der Waals surface area contributed by atoms with E-state index >= 15 is 0 Å². The minimum Gasteiger partial charge on any atom is -0.370 e. The zero-order valence-corrected chi connectivity index (χ0v) is 12.9. The van der Waals surface area contributed by atoms with Gasteiger partial charge in [0, 0.05) is 19.3 Å². The summed E-state index contributed by atoms with van der Waals surface area (Å²) in [5.74, 6) is 0.268. The molecule has 5 heteroatoms. The van der Waals surface area contributed by atoms with Gasteiger partial charge in [-0.3, -0.25) is 4.79 Å². The molecule has 0 spiro atoms. The van der Waals surface area contributed by atoms with Gasteiger partial charge in [-0.1, -0.05) is 12.1 Å². The molecule has 1 aromatic carbocycles. The number of benzene rings is 1. The number of likely N-dealkylation sites (N-methyl/N-ethyl adjacent to an activating group) is 1. The lowest BCUT2D eigenvalue weighted by Gasteiger charge is -2.20. The Morgan fingerprint density at radius 1 is 1.38 bits per heavy atom. The molecule has 1 amide bonds. The van der Waals surface area contributed by atoms with Gasteiger partial charge in [0.05, 0.1) is 0 Å². The molecule has 1 aliphatic rings. The van der Waals surface area contributed by atoms with Gasteiger partial charge in [-0.15, -0.1) is 0 Å². The van der Waals surface area contributed by atoms with Crippen molar-refractivity contribution in [2.75, 3.05) is 25.5 Å². The number of amides is 1. The van der Waals surface area contributed by atoms with E-state index in [4.69, 9.17) is 5.73 Å². The monoisotopic (exact) mass is 288 g/mol. The van der Waals surface area contributed by atoms with Gasteiger partial charge in [-0.2, -0.15) is 0 Å². The maximum atomic E-state index is 11.7. The minimum atomic E-state index is -0.0302. The van der Waals surface area contributed by atoms with E-state index in [0.29, 0.717) is 12.5 Å². The number of carbonyl (C=O) groups excluding carboxylic acids is 1. The third-order valence-electron chi connectivity index (χ3n) is 3.94. The van der Waals surface area contributed by atoms with Crippen LogP contribution in [-0.4, -0.2) is 36.9 Å². The molecule has 114 valence electrons. The molecule has 21 heavy (non-hydrogen) atoms. The number of hydrogen-bond donors (Lipinski definition) is 2. The average Bonchev–Trinajstić information content (AvgIpc) is 2.52. The standard InChI is InChI=1S/C16H24N4O/c1-3-20(2)15(21)11-18-16(17)19-14-10-6-8-12-7-4-5-9-13(12)14/h6,8,10H,3-5,7,9,11H2,1-2H3,(H3,17,18,19). The fourth-order valence-electron chi connectivity index (χ4n) is 2.53. The van der Waals surface area contributed by atoms with Crippen LogP contribution in [-0.2, 0) is 17.6 Å². The third kappa shape index (κ3) is 3.97. The number of guanidine groups is 1. The number of nitrogens with zero attached hydrogens (tertiary/aromatic N) is 2. The molecule has 0 saturated heterocycles. The molecular weight excluding hydrogens is 264 g/mol. The molecule has 0 aromatic heterocycles. The second kappa shape index (κ2) is 7.11. The Morgan fingerprint density at radius 2 is 2.14 bits per heavy atom. The smallest absolute Gasteiger partial charge is 0.244 e. The van der Waals surface area contributed by atoms with Crippen molar-refractivity contribution in [3.05, 3.63) is 29.3 Å². The number of aliphatic imine (C=N–C) groups is 1. The van der Waals surface area contributed by atoms with E-state index in [1.807, 2.05) is 19.1 Å². The van der Waals surface area contributed by atoms with Gasteiger partial charge in [0.1, 0.15) is 6.54 Å². The molecule has 2 rings (SSSR count). The minimum absolute atomic E-state index is 0.0302. The summed E-state index contributed by atoms with van der Waals surface area (Å²) in [5.41, 5.74) is 9.64. The van der Waals surface area contributed by atoms with E-state index in [1.54, 1.807) is 11.9 Å². The predicted octanol–water partition coefficient (Wildman–Crippen LogP) is 1.77. The first-order valence-electron chi connectivity index (χ1n) is 7.53. The Kier molecular flexibility index (Phi) is 5.20. The number of nitrogens with one attached hydrogen (secondary N) is 1. The molecule has 0 saturated carbocycles. The number of rotatable bonds is 4. The number of fused-ring (bicyclic) bond motifs is 1. The average molecular weight is 288 g/mol. The summed E-state index contributed by atoms with van der Waals surface area (Å²) < 4.78 is 0. The lowest BCUT2D eigenvalue weighted by atomic mass is 9.90. The van der Waals surface area contributed by atoms with Gasteiger partial charge in [-0.25, -0.2) is 4.99 Å². The first kappa shape index (κ1) is 15.4. The van der Waals surface area contributed by atoms with Gasteiger partial charge in [0.25, 0.3) is 0 Å². The van der Waals surface area contributed by atoms with Gasteiger partial charge in [0.15, 0.2) is 5.96 Å².